The van der Waals surface area contributed by atoms with E-state index in [1.807, 2.05) is 43.4 Å². The Labute approximate surface area is 120 Å². The maximum atomic E-state index is 5.88. The molecule has 1 N–H and O–H groups in total. The smallest absolute Gasteiger partial charge is 0.123 e. The van der Waals surface area contributed by atoms with Gasteiger partial charge in [0.1, 0.15) is 18.1 Å². The molecule has 0 spiro atoms. The Morgan fingerprint density at radius 2 is 1.90 bits per heavy atom. The van der Waals surface area contributed by atoms with Gasteiger partial charge in [-0.3, -0.25) is 0 Å². The average Bonchev–Trinajstić information content (AvgIpc) is 2.48. The quantitative estimate of drug-likeness (QED) is 0.874. The Balaban J connectivity index is 2.09. The minimum atomic E-state index is 0.0895. The van der Waals surface area contributed by atoms with Crippen molar-refractivity contribution >= 4 is 0 Å². The zero-order valence-electron chi connectivity index (χ0n) is 12.2. The normalized spacial score (nSPS) is 11.9. The first-order valence-electron chi connectivity index (χ1n) is 6.74. The minimum Gasteiger partial charge on any atom is -0.496 e. The number of nitrogens with one attached hydrogen (secondary N) is 1. The second-order valence-corrected chi connectivity index (χ2v) is 4.71. The summed E-state index contributed by atoms with van der Waals surface area (Å²) in [5.41, 5.74) is 2.30. The van der Waals surface area contributed by atoms with Crippen molar-refractivity contribution in [2.75, 3.05) is 20.8 Å². The van der Waals surface area contributed by atoms with E-state index in [9.17, 15) is 0 Å². The van der Waals surface area contributed by atoms with Crippen LogP contribution >= 0.6 is 0 Å². The Hall–Kier alpha value is -2.00. The van der Waals surface area contributed by atoms with E-state index in [0.29, 0.717) is 6.61 Å². The van der Waals surface area contributed by atoms with Gasteiger partial charge in [0.2, 0.25) is 0 Å². The predicted octanol–water partition coefficient (Wildman–Crippen LogP) is 3.34. The number of para-hydroxylation sites is 1. The molecule has 20 heavy (non-hydrogen) atoms. The lowest BCUT2D eigenvalue weighted by molar-refractivity contribution is 0.269. The van der Waals surface area contributed by atoms with Gasteiger partial charge in [-0.25, -0.2) is 0 Å². The van der Waals surface area contributed by atoms with E-state index in [2.05, 4.69) is 24.4 Å². The van der Waals surface area contributed by atoms with Crippen molar-refractivity contribution in [1.82, 2.24) is 5.32 Å². The topological polar surface area (TPSA) is 30.5 Å². The molecule has 1 unspecified atom stereocenters. The van der Waals surface area contributed by atoms with Gasteiger partial charge in [-0.15, -0.1) is 0 Å². The molecular formula is C17H21NO2. The van der Waals surface area contributed by atoms with Gasteiger partial charge in [0.25, 0.3) is 0 Å². The molecule has 0 aliphatic heterocycles. The fraction of sp³-hybridized carbons (Fsp3) is 0.294. The van der Waals surface area contributed by atoms with E-state index >= 15 is 0 Å². The second-order valence-electron chi connectivity index (χ2n) is 4.71. The highest BCUT2D eigenvalue weighted by atomic mass is 16.5. The maximum absolute atomic E-state index is 5.88. The minimum absolute atomic E-state index is 0.0895. The van der Waals surface area contributed by atoms with Crippen LogP contribution < -0.4 is 14.8 Å². The molecular weight excluding hydrogens is 250 g/mol. The van der Waals surface area contributed by atoms with Crippen LogP contribution in [0, 0.1) is 6.92 Å². The molecule has 0 radical (unpaired) electrons. The number of methoxy groups -OCH3 is 1. The highest BCUT2D eigenvalue weighted by Gasteiger charge is 2.14. The van der Waals surface area contributed by atoms with Crippen LogP contribution in [0.1, 0.15) is 17.2 Å². The van der Waals surface area contributed by atoms with E-state index < -0.39 is 0 Å². The van der Waals surface area contributed by atoms with Gasteiger partial charge in [0.15, 0.2) is 0 Å². The van der Waals surface area contributed by atoms with Gasteiger partial charge in [0.05, 0.1) is 13.2 Å². The summed E-state index contributed by atoms with van der Waals surface area (Å²) in [7, 11) is 3.61. The molecule has 2 aromatic carbocycles. The van der Waals surface area contributed by atoms with Gasteiger partial charge in [-0.1, -0.05) is 30.3 Å². The summed E-state index contributed by atoms with van der Waals surface area (Å²) in [5.74, 6) is 1.76. The largest absolute Gasteiger partial charge is 0.496 e. The molecule has 0 aliphatic rings. The molecule has 3 nitrogen and oxygen atoms in total. The van der Waals surface area contributed by atoms with Gasteiger partial charge in [0, 0.05) is 5.56 Å². The summed E-state index contributed by atoms with van der Waals surface area (Å²) in [5, 5.41) is 3.27. The number of ether oxygens (including phenoxy) is 2. The monoisotopic (exact) mass is 271 g/mol. The van der Waals surface area contributed by atoms with Crippen molar-refractivity contribution in [2.24, 2.45) is 0 Å². The summed E-state index contributed by atoms with van der Waals surface area (Å²) < 4.78 is 11.3. The fourth-order valence-corrected chi connectivity index (χ4v) is 2.17. The second kappa shape index (κ2) is 6.96. The zero-order valence-corrected chi connectivity index (χ0v) is 12.2. The molecule has 106 valence electrons. The van der Waals surface area contributed by atoms with Crippen molar-refractivity contribution < 1.29 is 9.47 Å². The third-order valence-corrected chi connectivity index (χ3v) is 3.27. The van der Waals surface area contributed by atoms with E-state index in [0.717, 1.165) is 17.1 Å². The fourth-order valence-electron chi connectivity index (χ4n) is 2.17. The lowest BCUT2D eigenvalue weighted by atomic mass is 10.1. The summed E-state index contributed by atoms with van der Waals surface area (Å²) in [4.78, 5) is 0. The Morgan fingerprint density at radius 1 is 1.10 bits per heavy atom. The highest BCUT2D eigenvalue weighted by molar-refractivity contribution is 5.36. The average molecular weight is 271 g/mol. The number of likely N-dealkylation sites (N-methyl/N-ethyl adjacent to an activating group) is 1. The van der Waals surface area contributed by atoms with Crippen LogP contribution in [-0.2, 0) is 0 Å². The van der Waals surface area contributed by atoms with Gasteiger partial charge < -0.3 is 14.8 Å². The van der Waals surface area contributed by atoms with Crippen LogP contribution in [0.4, 0.5) is 0 Å². The van der Waals surface area contributed by atoms with Gasteiger partial charge in [-0.2, -0.15) is 0 Å². The number of benzene rings is 2. The zero-order chi connectivity index (χ0) is 14.4. The molecule has 0 bridgehead atoms. The van der Waals surface area contributed by atoms with Crippen molar-refractivity contribution in [3.8, 4) is 11.5 Å². The van der Waals surface area contributed by atoms with Gasteiger partial charge >= 0.3 is 0 Å². The number of rotatable bonds is 6. The number of aryl methyl sites for hydroxylation is 1. The molecule has 1 atom stereocenters. The van der Waals surface area contributed by atoms with E-state index in [1.165, 1.54) is 5.56 Å². The first kappa shape index (κ1) is 14.4. The van der Waals surface area contributed by atoms with Crippen LogP contribution in [0.2, 0.25) is 0 Å². The lowest BCUT2D eigenvalue weighted by Gasteiger charge is -2.20. The molecule has 0 aliphatic carbocycles. The standard InChI is InChI=1S/C17H21NO2/c1-13-7-6-8-14(11-13)20-12-16(18-2)15-9-4-5-10-17(15)19-3/h4-11,16,18H,12H2,1-3H3. The van der Waals surface area contributed by atoms with E-state index in [-0.39, 0.29) is 6.04 Å². The number of hydrogen-bond donors (Lipinski definition) is 1. The van der Waals surface area contributed by atoms with Gasteiger partial charge in [-0.05, 0) is 37.7 Å². The summed E-state index contributed by atoms with van der Waals surface area (Å²) in [6, 6.07) is 16.2. The first-order chi connectivity index (χ1) is 9.74. The van der Waals surface area contributed by atoms with Crippen molar-refractivity contribution in [1.29, 1.82) is 0 Å². The molecule has 2 rings (SSSR count). The predicted molar refractivity (Wildman–Crippen MR) is 81.5 cm³/mol. The molecule has 3 heteroatoms. The van der Waals surface area contributed by atoms with Crippen molar-refractivity contribution in [2.45, 2.75) is 13.0 Å². The molecule has 0 saturated carbocycles. The van der Waals surface area contributed by atoms with Crippen LogP contribution in [0.15, 0.2) is 48.5 Å². The Bertz CT molecular complexity index is 554. The molecule has 0 amide bonds. The molecule has 0 heterocycles. The van der Waals surface area contributed by atoms with Crippen LogP contribution in [0.25, 0.3) is 0 Å². The van der Waals surface area contributed by atoms with Crippen molar-refractivity contribution in [3.63, 3.8) is 0 Å². The highest BCUT2D eigenvalue weighted by Crippen LogP contribution is 2.25. The summed E-state index contributed by atoms with van der Waals surface area (Å²) >= 11 is 0. The Kier molecular flexibility index (Phi) is 5.02. The van der Waals surface area contributed by atoms with Crippen LogP contribution in [-0.4, -0.2) is 20.8 Å². The Morgan fingerprint density at radius 3 is 2.60 bits per heavy atom. The van der Waals surface area contributed by atoms with Crippen LogP contribution in [0.5, 0.6) is 11.5 Å². The van der Waals surface area contributed by atoms with E-state index in [1.54, 1.807) is 7.11 Å². The third-order valence-electron chi connectivity index (χ3n) is 3.27. The van der Waals surface area contributed by atoms with E-state index in [4.69, 9.17) is 9.47 Å². The SMILES string of the molecule is CNC(COc1cccc(C)c1)c1ccccc1OC. The summed E-state index contributed by atoms with van der Waals surface area (Å²) in [6.07, 6.45) is 0. The number of hydrogen-bond acceptors (Lipinski definition) is 3. The lowest BCUT2D eigenvalue weighted by Crippen LogP contribution is -2.23. The molecule has 0 fully saturated rings. The molecule has 0 saturated heterocycles. The maximum Gasteiger partial charge on any atom is 0.123 e. The molecule has 0 aromatic heterocycles. The first-order valence-corrected chi connectivity index (χ1v) is 6.74. The van der Waals surface area contributed by atoms with Crippen molar-refractivity contribution in [3.05, 3.63) is 59.7 Å². The molecule has 2 aromatic rings. The van der Waals surface area contributed by atoms with Crippen LogP contribution in [0.3, 0.4) is 0 Å². The third kappa shape index (κ3) is 3.52. The summed E-state index contributed by atoms with van der Waals surface area (Å²) in [6.45, 7) is 2.61.